The summed E-state index contributed by atoms with van der Waals surface area (Å²) in [6.07, 6.45) is 1.70. The molecule has 0 spiro atoms. The van der Waals surface area contributed by atoms with Crippen LogP contribution in [0.5, 0.6) is 0 Å². The van der Waals surface area contributed by atoms with E-state index in [1.165, 1.54) is 17.8 Å². The molecule has 0 bridgehead atoms. The van der Waals surface area contributed by atoms with Gasteiger partial charge >= 0.3 is 0 Å². The number of hydrogen-bond acceptors (Lipinski definition) is 2. The highest BCUT2D eigenvalue weighted by Crippen LogP contribution is 2.25. The van der Waals surface area contributed by atoms with E-state index in [9.17, 15) is 8.78 Å². The summed E-state index contributed by atoms with van der Waals surface area (Å²) in [6, 6.07) is 2.59. The van der Waals surface area contributed by atoms with Crippen LogP contribution in [0.25, 0.3) is 0 Å². The zero-order valence-electron chi connectivity index (χ0n) is 7.47. The second-order valence-electron chi connectivity index (χ2n) is 2.77. The van der Waals surface area contributed by atoms with E-state index in [2.05, 4.69) is 0 Å². The SMILES string of the molecule is CSc1ccc(C(C)N)c(F)c1F. The first kappa shape index (κ1) is 10.5. The average molecular weight is 203 g/mol. The molecule has 4 heteroatoms. The molecule has 0 heterocycles. The summed E-state index contributed by atoms with van der Waals surface area (Å²) >= 11 is 1.17. The van der Waals surface area contributed by atoms with Crippen LogP contribution in [0, 0.1) is 11.6 Å². The molecule has 0 fully saturated rings. The monoisotopic (exact) mass is 203 g/mol. The summed E-state index contributed by atoms with van der Waals surface area (Å²) in [4.78, 5) is 0.307. The molecule has 0 aliphatic heterocycles. The van der Waals surface area contributed by atoms with Gasteiger partial charge in [0.15, 0.2) is 11.6 Å². The van der Waals surface area contributed by atoms with Gasteiger partial charge in [0, 0.05) is 16.5 Å². The molecule has 1 unspecified atom stereocenters. The molecule has 1 nitrogen and oxygen atoms in total. The van der Waals surface area contributed by atoms with Crippen LogP contribution in [0.4, 0.5) is 8.78 Å². The Morgan fingerprint density at radius 3 is 2.38 bits per heavy atom. The summed E-state index contributed by atoms with van der Waals surface area (Å²) in [5, 5.41) is 0. The Hall–Kier alpha value is -0.610. The van der Waals surface area contributed by atoms with Crippen molar-refractivity contribution in [1.82, 2.24) is 0 Å². The fourth-order valence-electron chi connectivity index (χ4n) is 1.06. The minimum absolute atomic E-state index is 0.218. The maximum absolute atomic E-state index is 13.2. The third-order valence-electron chi connectivity index (χ3n) is 1.79. The van der Waals surface area contributed by atoms with Crippen molar-refractivity contribution in [1.29, 1.82) is 0 Å². The van der Waals surface area contributed by atoms with Crippen molar-refractivity contribution in [3.63, 3.8) is 0 Å². The quantitative estimate of drug-likeness (QED) is 0.748. The van der Waals surface area contributed by atoms with Gasteiger partial charge in [-0.2, -0.15) is 0 Å². The molecule has 2 N–H and O–H groups in total. The van der Waals surface area contributed by atoms with Crippen molar-refractivity contribution in [2.75, 3.05) is 6.26 Å². The lowest BCUT2D eigenvalue weighted by molar-refractivity contribution is 0.476. The van der Waals surface area contributed by atoms with Gasteiger partial charge in [0.2, 0.25) is 0 Å². The number of thioether (sulfide) groups is 1. The van der Waals surface area contributed by atoms with Crippen LogP contribution in [0.1, 0.15) is 18.5 Å². The van der Waals surface area contributed by atoms with E-state index >= 15 is 0 Å². The second-order valence-corrected chi connectivity index (χ2v) is 3.62. The lowest BCUT2D eigenvalue weighted by atomic mass is 10.1. The predicted octanol–water partition coefficient (Wildman–Crippen LogP) is 2.71. The molecular weight excluding hydrogens is 192 g/mol. The van der Waals surface area contributed by atoms with Crippen LogP contribution in [0.2, 0.25) is 0 Å². The minimum Gasteiger partial charge on any atom is -0.324 e. The fraction of sp³-hybridized carbons (Fsp3) is 0.333. The maximum Gasteiger partial charge on any atom is 0.172 e. The Kier molecular flexibility index (Phi) is 3.27. The fourth-order valence-corrected chi connectivity index (χ4v) is 1.53. The topological polar surface area (TPSA) is 26.0 Å². The van der Waals surface area contributed by atoms with E-state index < -0.39 is 17.7 Å². The summed E-state index contributed by atoms with van der Waals surface area (Å²) in [5.74, 6) is -1.64. The molecule has 0 amide bonds. The highest BCUT2D eigenvalue weighted by molar-refractivity contribution is 7.98. The first-order valence-corrected chi connectivity index (χ1v) is 5.08. The van der Waals surface area contributed by atoms with Crippen molar-refractivity contribution in [2.45, 2.75) is 17.9 Å². The van der Waals surface area contributed by atoms with Crippen LogP contribution in [-0.4, -0.2) is 6.26 Å². The molecule has 0 saturated heterocycles. The molecule has 1 aromatic carbocycles. The van der Waals surface area contributed by atoms with Gasteiger partial charge in [0.25, 0.3) is 0 Å². The summed E-state index contributed by atoms with van der Waals surface area (Å²) in [5.41, 5.74) is 5.68. The smallest absolute Gasteiger partial charge is 0.172 e. The zero-order valence-corrected chi connectivity index (χ0v) is 8.29. The maximum atomic E-state index is 13.2. The highest BCUT2D eigenvalue weighted by atomic mass is 32.2. The highest BCUT2D eigenvalue weighted by Gasteiger charge is 2.14. The van der Waals surface area contributed by atoms with E-state index in [-0.39, 0.29) is 5.56 Å². The summed E-state index contributed by atoms with van der Waals surface area (Å²) in [6.45, 7) is 1.62. The Morgan fingerprint density at radius 2 is 1.92 bits per heavy atom. The Balaban J connectivity index is 3.23. The molecule has 0 aliphatic carbocycles. The molecule has 72 valence electrons. The van der Waals surface area contributed by atoms with Crippen molar-refractivity contribution in [3.8, 4) is 0 Å². The third kappa shape index (κ3) is 2.00. The van der Waals surface area contributed by atoms with Gasteiger partial charge in [-0.05, 0) is 19.2 Å². The number of benzene rings is 1. The van der Waals surface area contributed by atoms with E-state index in [1.54, 1.807) is 19.2 Å². The lowest BCUT2D eigenvalue weighted by Gasteiger charge is -2.09. The normalized spacial score (nSPS) is 13.0. The van der Waals surface area contributed by atoms with Crippen LogP contribution >= 0.6 is 11.8 Å². The van der Waals surface area contributed by atoms with Gasteiger partial charge in [-0.15, -0.1) is 11.8 Å². The largest absolute Gasteiger partial charge is 0.324 e. The van der Waals surface area contributed by atoms with Crippen molar-refractivity contribution < 1.29 is 8.78 Å². The predicted molar refractivity (Wildman–Crippen MR) is 50.7 cm³/mol. The standard InChI is InChI=1S/C9H11F2NS/c1-5(12)6-3-4-7(13-2)9(11)8(6)10/h3-5H,12H2,1-2H3. The van der Waals surface area contributed by atoms with E-state index in [1.807, 2.05) is 0 Å². The van der Waals surface area contributed by atoms with E-state index in [4.69, 9.17) is 5.73 Å². The minimum atomic E-state index is -0.832. The van der Waals surface area contributed by atoms with Gasteiger partial charge in [0.1, 0.15) is 0 Å². The van der Waals surface area contributed by atoms with Crippen LogP contribution in [-0.2, 0) is 0 Å². The lowest BCUT2D eigenvalue weighted by Crippen LogP contribution is -2.09. The second kappa shape index (κ2) is 4.07. The summed E-state index contributed by atoms with van der Waals surface area (Å²) < 4.78 is 26.4. The number of halogens is 2. The van der Waals surface area contributed by atoms with Crippen LogP contribution in [0.3, 0.4) is 0 Å². The van der Waals surface area contributed by atoms with Gasteiger partial charge < -0.3 is 5.73 Å². The Bertz CT molecular complexity index is 313. The Morgan fingerprint density at radius 1 is 1.31 bits per heavy atom. The molecule has 1 rings (SSSR count). The van der Waals surface area contributed by atoms with Gasteiger partial charge in [0.05, 0.1) is 0 Å². The third-order valence-corrected chi connectivity index (χ3v) is 2.54. The van der Waals surface area contributed by atoms with Crippen molar-refractivity contribution in [2.24, 2.45) is 5.73 Å². The van der Waals surface area contributed by atoms with Crippen molar-refractivity contribution >= 4 is 11.8 Å². The Labute approximate surface area is 80.3 Å². The molecule has 1 aromatic rings. The van der Waals surface area contributed by atoms with E-state index in [0.717, 1.165) is 0 Å². The molecule has 13 heavy (non-hydrogen) atoms. The van der Waals surface area contributed by atoms with Gasteiger partial charge in [-0.25, -0.2) is 8.78 Å². The first-order chi connectivity index (χ1) is 6.07. The van der Waals surface area contributed by atoms with Crippen LogP contribution in [0.15, 0.2) is 17.0 Å². The molecule has 0 aliphatic rings. The molecule has 0 radical (unpaired) electrons. The van der Waals surface area contributed by atoms with Crippen LogP contribution < -0.4 is 5.73 Å². The molecule has 1 atom stereocenters. The molecular formula is C9H11F2NS. The first-order valence-electron chi connectivity index (χ1n) is 3.85. The van der Waals surface area contributed by atoms with Crippen molar-refractivity contribution in [3.05, 3.63) is 29.3 Å². The molecule has 0 aromatic heterocycles. The average Bonchev–Trinajstić information content (AvgIpc) is 2.09. The number of hydrogen-bond donors (Lipinski definition) is 1. The molecule has 0 saturated carbocycles. The van der Waals surface area contributed by atoms with Gasteiger partial charge in [-0.1, -0.05) is 6.07 Å². The number of nitrogens with two attached hydrogens (primary N) is 1. The van der Waals surface area contributed by atoms with Gasteiger partial charge in [-0.3, -0.25) is 0 Å². The number of rotatable bonds is 2. The summed E-state index contributed by atoms with van der Waals surface area (Å²) in [7, 11) is 0. The zero-order chi connectivity index (χ0) is 10.0. The van der Waals surface area contributed by atoms with E-state index in [0.29, 0.717) is 4.90 Å².